The van der Waals surface area contributed by atoms with E-state index in [1.54, 1.807) is 0 Å². The molecule has 0 aliphatic heterocycles. The van der Waals surface area contributed by atoms with E-state index >= 15 is 0 Å². The van der Waals surface area contributed by atoms with Crippen molar-refractivity contribution >= 4 is 31.9 Å². The molecule has 0 radical (unpaired) electrons. The molecule has 0 atom stereocenters. The molecule has 1 rings (SSSR count). The number of ether oxygens (including phenoxy) is 1. The fraction of sp³-hybridized carbons (Fsp3) is 0.250. The van der Waals surface area contributed by atoms with E-state index in [4.69, 9.17) is 5.11 Å². The maximum Gasteiger partial charge on any atom is 0.475 e. The van der Waals surface area contributed by atoms with Crippen molar-refractivity contribution in [3.8, 4) is 11.5 Å². The summed E-state index contributed by atoms with van der Waals surface area (Å²) in [6, 6.07) is 3.32. The predicted molar refractivity (Wildman–Crippen MR) is 55.3 cm³/mol. The molecule has 8 heteroatoms. The number of phenolic OH excluding ortho intramolecular Hbond substituents is 1. The van der Waals surface area contributed by atoms with Gasteiger partial charge in [-0.2, -0.15) is 17.6 Å². The number of benzene rings is 1. The van der Waals surface area contributed by atoms with E-state index < -0.39 is 22.4 Å². The number of hydrogen-bond acceptors (Lipinski definition) is 2. The van der Waals surface area contributed by atoms with Crippen LogP contribution in [0.5, 0.6) is 11.5 Å². The maximum atomic E-state index is 12.8. The highest BCUT2D eigenvalue weighted by Gasteiger charge is 2.58. The van der Waals surface area contributed by atoms with Gasteiger partial charge in [-0.05, 0) is 18.2 Å². The van der Waals surface area contributed by atoms with Crippen molar-refractivity contribution in [2.45, 2.75) is 10.9 Å². The molecule has 0 aliphatic rings. The van der Waals surface area contributed by atoms with Gasteiger partial charge >= 0.3 is 10.9 Å². The van der Waals surface area contributed by atoms with Crippen LogP contribution in [-0.4, -0.2) is 16.0 Å². The Labute approximate surface area is 104 Å². The summed E-state index contributed by atoms with van der Waals surface area (Å²) in [5, 5.41) is 9.12. The summed E-state index contributed by atoms with van der Waals surface area (Å²) in [5.74, 6) is -1.42. The third kappa shape index (κ3) is 3.00. The molecular weight excluding hydrogens is 364 g/mol. The molecule has 0 aromatic heterocycles. The topological polar surface area (TPSA) is 29.5 Å². The minimum Gasteiger partial charge on any atom is -0.504 e. The fourth-order valence-corrected chi connectivity index (χ4v) is 1.19. The lowest BCUT2D eigenvalue weighted by Gasteiger charge is -2.22. The van der Waals surface area contributed by atoms with Crippen LogP contribution < -0.4 is 4.74 Å². The lowest BCUT2D eigenvalue weighted by molar-refractivity contribution is -0.266. The van der Waals surface area contributed by atoms with E-state index in [1.165, 1.54) is 22.0 Å². The first-order chi connectivity index (χ1) is 7.13. The molecular formula is C8H4Br2F4O2. The molecule has 2 nitrogen and oxygen atoms in total. The van der Waals surface area contributed by atoms with E-state index in [0.717, 1.165) is 12.1 Å². The van der Waals surface area contributed by atoms with Crippen molar-refractivity contribution in [2.75, 3.05) is 0 Å². The summed E-state index contributed by atoms with van der Waals surface area (Å²) >= 11 is 4.42. The van der Waals surface area contributed by atoms with Crippen molar-refractivity contribution in [1.82, 2.24) is 0 Å². The third-order valence-corrected chi connectivity index (χ3v) is 2.44. The first-order valence-electron chi connectivity index (χ1n) is 3.75. The zero-order valence-corrected chi connectivity index (χ0v) is 10.5. The molecule has 90 valence electrons. The molecule has 0 heterocycles. The molecule has 16 heavy (non-hydrogen) atoms. The van der Waals surface area contributed by atoms with Gasteiger partial charge in [-0.1, -0.05) is 15.9 Å². The van der Waals surface area contributed by atoms with Crippen LogP contribution in [0.15, 0.2) is 22.7 Å². The molecule has 0 amide bonds. The Morgan fingerprint density at radius 3 is 2.25 bits per heavy atom. The molecule has 1 N–H and O–H groups in total. The van der Waals surface area contributed by atoms with Gasteiger partial charge in [0, 0.05) is 20.4 Å². The predicted octanol–water partition coefficient (Wildman–Crippen LogP) is 4.11. The second-order valence-corrected chi connectivity index (χ2v) is 4.64. The van der Waals surface area contributed by atoms with Crippen molar-refractivity contribution in [2.24, 2.45) is 0 Å². The zero-order valence-electron chi connectivity index (χ0n) is 7.36. The Balaban J connectivity index is 3.01. The molecule has 0 saturated heterocycles. The Morgan fingerprint density at radius 1 is 1.19 bits per heavy atom. The van der Waals surface area contributed by atoms with Crippen LogP contribution in [0.1, 0.15) is 0 Å². The lowest BCUT2D eigenvalue weighted by atomic mass is 10.3. The highest BCUT2D eigenvalue weighted by atomic mass is 79.9. The van der Waals surface area contributed by atoms with Crippen LogP contribution in [-0.2, 0) is 0 Å². The number of hydrogen-bond donors (Lipinski definition) is 1. The molecule has 1 aromatic rings. The summed E-state index contributed by atoms with van der Waals surface area (Å²) < 4.78 is 54.4. The van der Waals surface area contributed by atoms with Gasteiger partial charge in [0.25, 0.3) is 0 Å². The van der Waals surface area contributed by atoms with Gasteiger partial charge in [-0.3, -0.25) is 0 Å². The van der Waals surface area contributed by atoms with E-state index in [2.05, 4.69) is 20.7 Å². The zero-order chi connectivity index (χ0) is 12.6. The average molecular weight is 368 g/mol. The fourth-order valence-electron chi connectivity index (χ4n) is 0.766. The molecule has 0 fully saturated rings. The monoisotopic (exact) mass is 366 g/mol. The second-order valence-electron chi connectivity index (χ2n) is 2.73. The first kappa shape index (κ1) is 13.6. The van der Waals surface area contributed by atoms with Crippen LogP contribution in [0.3, 0.4) is 0 Å². The van der Waals surface area contributed by atoms with Crippen LogP contribution in [0.2, 0.25) is 0 Å². The van der Waals surface area contributed by atoms with Gasteiger partial charge in [-0.15, -0.1) is 0 Å². The smallest absolute Gasteiger partial charge is 0.475 e. The van der Waals surface area contributed by atoms with Crippen LogP contribution in [0, 0.1) is 0 Å². The number of alkyl halides is 5. The molecule has 0 aliphatic carbocycles. The van der Waals surface area contributed by atoms with Crippen LogP contribution in [0.4, 0.5) is 17.6 Å². The minimum atomic E-state index is -4.77. The lowest BCUT2D eigenvalue weighted by Crippen LogP contribution is -2.40. The maximum absolute atomic E-state index is 12.8. The normalized spacial score (nSPS) is 12.6. The van der Waals surface area contributed by atoms with Crippen molar-refractivity contribution < 1.29 is 27.4 Å². The van der Waals surface area contributed by atoms with Crippen molar-refractivity contribution in [3.63, 3.8) is 0 Å². The van der Waals surface area contributed by atoms with Crippen LogP contribution >= 0.6 is 31.9 Å². The van der Waals surface area contributed by atoms with Gasteiger partial charge < -0.3 is 9.84 Å². The SMILES string of the molecule is Oc1ccc(Br)cc1OC(F)(F)C(F)(F)Br. The van der Waals surface area contributed by atoms with E-state index in [9.17, 15) is 17.6 Å². The van der Waals surface area contributed by atoms with Gasteiger partial charge in [0.2, 0.25) is 0 Å². The summed E-state index contributed by atoms with van der Waals surface area (Å²) in [5.41, 5.74) is 0. The summed E-state index contributed by atoms with van der Waals surface area (Å²) in [6.45, 7) is 0. The van der Waals surface area contributed by atoms with Gasteiger partial charge in [0.05, 0.1) is 0 Å². The average Bonchev–Trinajstić information content (AvgIpc) is 2.09. The third-order valence-electron chi connectivity index (χ3n) is 1.49. The Morgan fingerprint density at radius 2 is 1.75 bits per heavy atom. The molecule has 0 saturated carbocycles. The minimum absolute atomic E-state index is 0.300. The molecule has 1 aromatic carbocycles. The quantitative estimate of drug-likeness (QED) is 0.643. The van der Waals surface area contributed by atoms with Crippen molar-refractivity contribution in [1.29, 1.82) is 0 Å². The van der Waals surface area contributed by atoms with Gasteiger partial charge in [0.1, 0.15) is 0 Å². The number of rotatable bonds is 3. The van der Waals surface area contributed by atoms with Gasteiger partial charge in [0.15, 0.2) is 11.5 Å². The van der Waals surface area contributed by atoms with Gasteiger partial charge in [-0.25, -0.2) is 0 Å². The molecule has 0 unspecified atom stereocenters. The number of halogens is 6. The van der Waals surface area contributed by atoms with Crippen molar-refractivity contribution in [3.05, 3.63) is 22.7 Å². The second kappa shape index (κ2) is 4.40. The van der Waals surface area contributed by atoms with E-state index in [-0.39, 0.29) is 0 Å². The first-order valence-corrected chi connectivity index (χ1v) is 5.34. The largest absolute Gasteiger partial charge is 0.504 e. The highest BCUT2D eigenvalue weighted by molar-refractivity contribution is 9.10. The molecule has 0 spiro atoms. The summed E-state index contributed by atoms with van der Waals surface area (Å²) in [4.78, 5) is -4.53. The summed E-state index contributed by atoms with van der Waals surface area (Å²) in [6.07, 6.45) is -4.77. The Kier molecular flexibility index (Phi) is 3.73. The van der Waals surface area contributed by atoms with E-state index in [0.29, 0.717) is 4.47 Å². The standard InChI is InChI=1S/C8H4Br2F4O2/c9-4-1-2-5(15)6(3-4)16-8(13,14)7(10,11)12/h1-3,15H. The van der Waals surface area contributed by atoms with Crippen LogP contribution in [0.25, 0.3) is 0 Å². The summed E-state index contributed by atoms with van der Waals surface area (Å²) in [7, 11) is 0. The number of aromatic hydroxyl groups is 1. The Bertz CT molecular complexity index is 392. The molecule has 0 bridgehead atoms. The Hall–Kier alpha value is -0.500. The highest BCUT2D eigenvalue weighted by Crippen LogP contribution is 2.43. The van der Waals surface area contributed by atoms with E-state index in [1.807, 2.05) is 0 Å². The number of phenols is 1.